The second kappa shape index (κ2) is 11.0. The van der Waals surface area contributed by atoms with Crippen molar-refractivity contribution in [2.24, 2.45) is 0 Å². The van der Waals surface area contributed by atoms with E-state index in [4.69, 9.17) is 0 Å². The van der Waals surface area contributed by atoms with Crippen LogP contribution in [0, 0.1) is 0 Å². The molecule has 220 valence electrons. The molecule has 0 unspecified atom stereocenters. The molecule has 4 atom stereocenters. The van der Waals surface area contributed by atoms with Gasteiger partial charge in [0.15, 0.2) is 0 Å². The maximum atomic E-state index is 13.5. The average Bonchev–Trinajstić information content (AvgIpc) is 2.97. The number of carbonyl (C=O) groups is 8. The van der Waals surface area contributed by atoms with E-state index in [-0.39, 0.29) is 33.0 Å². The van der Waals surface area contributed by atoms with Gasteiger partial charge in [-0.15, -0.1) is 0 Å². The van der Waals surface area contributed by atoms with Gasteiger partial charge in [-0.1, -0.05) is 0 Å². The van der Waals surface area contributed by atoms with E-state index in [1.54, 1.807) is 0 Å². The highest BCUT2D eigenvalue weighted by molar-refractivity contribution is 6.34. The molecule has 14 nitrogen and oxygen atoms in total. The van der Waals surface area contributed by atoms with E-state index in [1.807, 2.05) is 0 Å². The summed E-state index contributed by atoms with van der Waals surface area (Å²) in [5, 5.41) is 4.94. The van der Waals surface area contributed by atoms with Gasteiger partial charge >= 0.3 is 11.9 Å². The summed E-state index contributed by atoms with van der Waals surface area (Å²) < 4.78 is 9.17. The quantitative estimate of drug-likeness (QED) is 0.322. The van der Waals surface area contributed by atoms with Crippen molar-refractivity contribution < 1.29 is 47.8 Å². The highest BCUT2D eigenvalue weighted by Crippen LogP contribution is 2.38. The van der Waals surface area contributed by atoms with Gasteiger partial charge in [0, 0.05) is 33.0 Å². The van der Waals surface area contributed by atoms with Crippen molar-refractivity contribution in [1.82, 2.24) is 20.4 Å². The number of methoxy groups -OCH3 is 2. The summed E-state index contributed by atoms with van der Waals surface area (Å²) in [5.41, 5.74) is -0.0644. The molecule has 0 spiro atoms. The third-order valence-corrected chi connectivity index (χ3v) is 7.32. The molecule has 14 heteroatoms. The van der Waals surface area contributed by atoms with Crippen molar-refractivity contribution in [3.63, 3.8) is 0 Å². The third-order valence-electron chi connectivity index (χ3n) is 7.32. The van der Waals surface area contributed by atoms with Gasteiger partial charge in [0.05, 0.1) is 14.2 Å². The molecule has 2 N–H and O–H groups in total. The zero-order chi connectivity index (χ0) is 31.2. The lowest BCUT2D eigenvalue weighted by Crippen LogP contribution is -2.55. The molecule has 0 aliphatic carbocycles. The lowest BCUT2D eigenvalue weighted by Gasteiger charge is -2.35. The molecule has 2 aromatic rings. The predicted molar refractivity (Wildman–Crippen MR) is 143 cm³/mol. The summed E-state index contributed by atoms with van der Waals surface area (Å²) in [4.78, 5) is 105. The predicted octanol–water partition coefficient (Wildman–Crippen LogP) is 0.164. The van der Waals surface area contributed by atoms with E-state index in [0.29, 0.717) is 0 Å². The number of amides is 6. The van der Waals surface area contributed by atoms with Gasteiger partial charge in [-0.3, -0.25) is 38.6 Å². The van der Waals surface area contributed by atoms with Crippen molar-refractivity contribution in [3.8, 4) is 0 Å². The summed E-state index contributed by atoms with van der Waals surface area (Å²) in [6.07, 6.45) is 0. The largest absolute Gasteiger partial charge is 0.467 e. The maximum absolute atomic E-state index is 13.5. The van der Waals surface area contributed by atoms with Crippen LogP contribution in [0.1, 0.15) is 69.1 Å². The molecular weight excluding hydrogens is 552 g/mol. The summed E-state index contributed by atoms with van der Waals surface area (Å²) in [6.45, 7) is 5.41. The zero-order valence-corrected chi connectivity index (χ0v) is 23.6. The van der Waals surface area contributed by atoms with E-state index in [1.165, 1.54) is 52.0 Å². The Kier molecular flexibility index (Phi) is 7.83. The zero-order valence-electron chi connectivity index (χ0n) is 23.6. The fourth-order valence-electron chi connectivity index (χ4n) is 4.99. The van der Waals surface area contributed by atoms with E-state index >= 15 is 0 Å². The number of imide groups is 2. The van der Waals surface area contributed by atoms with E-state index in [0.717, 1.165) is 24.0 Å². The van der Waals surface area contributed by atoms with Crippen LogP contribution in [0.25, 0.3) is 10.8 Å². The van der Waals surface area contributed by atoms with Crippen molar-refractivity contribution >= 4 is 58.2 Å². The molecular formula is C28H28N4O10. The smallest absolute Gasteiger partial charge is 0.328 e. The fraction of sp³-hybridized carbons (Fsp3) is 0.357. The number of rotatable bonds is 8. The number of hydrogen-bond donors (Lipinski definition) is 2. The van der Waals surface area contributed by atoms with Crippen molar-refractivity contribution in [2.45, 2.75) is 51.9 Å². The molecule has 0 saturated heterocycles. The highest BCUT2D eigenvalue weighted by Gasteiger charge is 2.44. The average molecular weight is 581 g/mol. The molecule has 4 rings (SSSR count). The number of carbonyl (C=O) groups excluding carboxylic acids is 8. The van der Waals surface area contributed by atoms with Gasteiger partial charge in [0.25, 0.3) is 23.6 Å². The molecule has 6 amide bonds. The van der Waals surface area contributed by atoms with Crippen LogP contribution in [-0.4, -0.2) is 95.6 Å². The van der Waals surface area contributed by atoms with Crippen LogP contribution < -0.4 is 10.6 Å². The normalized spacial score (nSPS) is 16.9. The fourth-order valence-corrected chi connectivity index (χ4v) is 4.99. The van der Waals surface area contributed by atoms with Crippen LogP contribution in [0.15, 0.2) is 24.3 Å². The van der Waals surface area contributed by atoms with Gasteiger partial charge in [-0.05, 0) is 52.0 Å². The number of nitrogens with zero attached hydrogens (tertiary/aromatic N) is 2. The number of esters is 2. The summed E-state index contributed by atoms with van der Waals surface area (Å²) >= 11 is 0. The Morgan fingerprint density at radius 3 is 1.07 bits per heavy atom. The van der Waals surface area contributed by atoms with Gasteiger partial charge in [0.2, 0.25) is 11.8 Å². The standard InChI is InChI=1S/C28H28N4O10/c1-11(27(39)41-5)29-21(33)13(3)31-23(35)15-7-9-17-20-18(10-8-16(19(15)20)24(31)36)26(38)32(25(17)37)14(4)22(34)30-12(2)28(40)42-6/h7-14H,1-6H3,(H,29,33)(H,30,34)/t11-,12-,13-,14-/m1/s1. The van der Waals surface area contributed by atoms with Gasteiger partial charge in [-0.2, -0.15) is 0 Å². The molecule has 2 heterocycles. The van der Waals surface area contributed by atoms with Crippen LogP contribution in [0.3, 0.4) is 0 Å². The van der Waals surface area contributed by atoms with E-state index in [9.17, 15) is 38.4 Å². The molecule has 0 bridgehead atoms. The summed E-state index contributed by atoms with van der Waals surface area (Å²) in [7, 11) is 2.30. The van der Waals surface area contributed by atoms with Gasteiger partial charge in [0.1, 0.15) is 24.2 Å². The third kappa shape index (κ3) is 4.63. The van der Waals surface area contributed by atoms with Gasteiger partial charge in [-0.25, -0.2) is 9.59 Å². The SMILES string of the molecule is COC(=O)[C@@H](C)NC(=O)[C@@H](C)N1C(=O)c2ccc3c4c(ccc(c24)C1=O)C(=O)N([C@H](C)C(=O)N[C@H](C)C(=O)OC)C3=O. The molecule has 2 aliphatic heterocycles. The molecule has 42 heavy (non-hydrogen) atoms. The Morgan fingerprint density at radius 1 is 0.571 bits per heavy atom. The van der Waals surface area contributed by atoms with Crippen molar-refractivity contribution in [2.75, 3.05) is 14.2 Å². The number of hydrogen-bond acceptors (Lipinski definition) is 10. The Hall–Kier alpha value is -5.14. The summed E-state index contributed by atoms with van der Waals surface area (Å²) in [6, 6.07) is 0.526. The van der Waals surface area contributed by atoms with Crippen molar-refractivity contribution in [3.05, 3.63) is 46.5 Å². The Bertz CT molecular complexity index is 1410. The monoisotopic (exact) mass is 580 g/mol. The Labute approximate surface area is 239 Å². The van der Waals surface area contributed by atoms with Crippen LogP contribution >= 0.6 is 0 Å². The summed E-state index contributed by atoms with van der Waals surface area (Å²) in [5.74, 6) is -6.34. The minimum Gasteiger partial charge on any atom is -0.467 e. The minimum absolute atomic E-state index is 0.0161. The topological polar surface area (TPSA) is 186 Å². The number of benzene rings is 2. The molecule has 0 saturated carbocycles. The molecule has 2 aromatic carbocycles. The Balaban J connectivity index is 1.70. The van der Waals surface area contributed by atoms with E-state index in [2.05, 4.69) is 20.1 Å². The molecule has 0 aromatic heterocycles. The van der Waals surface area contributed by atoms with Crippen LogP contribution in [0.5, 0.6) is 0 Å². The lowest BCUT2D eigenvalue weighted by atomic mass is 9.85. The minimum atomic E-state index is -1.32. The first-order valence-electron chi connectivity index (χ1n) is 12.9. The number of nitrogens with one attached hydrogen (secondary N) is 2. The first kappa shape index (κ1) is 29.8. The second-order valence-electron chi connectivity index (χ2n) is 9.89. The first-order chi connectivity index (χ1) is 19.8. The first-order valence-corrected chi connectivity index (χ1v) is 12.9. The van der Waals surface area contributed by atoms with Crippen LogP contribution in [-0.2, 0) is 28.7 Å². The molecule has 0 radical (unpaired) electrons. The van der Waals surface area contributed by atoms with Crippen molar-refractivity contribution in [1.29, 1.82) is 0 Å². The second-order valence-corrected chi connectivity index (χ2v) is 9.89. The Morgan fingerprint density at radius 2 is 0.833 bits per heavy atom. The lowest BCUT2D eigenvalue weighted by molar-refractivity contribution is -0.145. The van der Waals surface area contributed by atoms with Crippen LogP contribution in [0.2, 0.25) is 0 Å². The molecule has 2 aliphatic rings. The van der Waals surface area contributed by atoms with E-state index < -0.39 is 71.5 Å². The number of ether oxygens (including phenoxy) is 2. The highest BCUT2D eigenvalue weighted by atomic mass is 16.5. The molecule has 0 fully saturated rings. The van der Waals surface area contributed by atoms with Crippen LogP contribution in [0.4, 0.5) is 0 Å². The maximum Gasteiger partial charge on any atom is 0.328 e. The van der Waals surface area contributed by atoms with Gasteiger partial charge < -0.3 is 20.1 Å².